The van der Waals surface area contributed by atoms with Crippen molar-refractivity contribution in [3.63, 3.8) is 0 Å². The Morgan fingerprint density at radius 2 is 1.89 bits per heavy atom. The van der Waals surface area contributed by atoms with Gasteiger partial charge in [-0.05, 0) is 25.3 Å². The van der Waals surface area contributed by atoms with E-state index in [1.807, 2.05) is 20.8 Å². The lowest BCUT2D eigenvalue weighted by molar-refractivity contribution is -0.143. The Balaban J connectivity index is 2.07. The summed E-state index contributed by atoms with van der Waals surface area (Å²) in [5.41, 5.74) is -1.05. The molecule has 3 atom stereocenters. The number of imide groups is 1. The van der Waals surface area contributed by atoms with Crippen molar-refractivity contribution in [2.24, 2.45) is 17.3 Å². The van der Waals surface area contributed by atoms with E-state index < -0.39 is 5.54 Å². The third-order valence-corrected chi connectivity index (χ3v) is 4.38. The maximum Gasteiger partial charge on any atom is 0.233 e. The van der Waals surface area contributed by atoms with Crippen LogP contribution in [0.25, 0.3) is 0 Å². The zero-order valence-corrected chi connectivity index (χ0v) is 12.0. The van der Waals surface area contributed by atoms with Crippen molar-refractivity contribution in [1.82, 2.24) is 10.2 Å². The molecule has 0 bridgehead atoms. The van der Waals surface area contributed by atoms with Gasteiger partial charge in [0.25, 0.3) is 0 Å². The van der Waals surface area contributed by atoms with E-state index in [0.717, 1.165) is 6.42 Å². The molecule has 19 heavy (non-hydrogen) atoms. The molecular weight excluding hydrogens is 242 g/mol. The molecule has 0 aromatic carbocycles. The van der Waals surface area contributed by atoms with Gasteiger partial charge in [-0.25, -0.2) is 0 Å². The number of nitrogens with zero attached hydrogens (tertiary/aromatic N) is 2. The van der Waals surface area contributed by atoms with Crippen molar-refractivity contribution in [2.45, 2.75) is 39.7 Å². The number of amides is 2. The average molecular weight is 263 g/mol. The second-order valence-corrected chi connectivity index (χ2v) is 6.41. The van der Waals surface area contributed by atoms with E-state index >= 15 is 0 Å². The molecule has 1 aliphatic heterocycles. The van der Waals surface area contributed by atoms with Gasteiger partial charge in [0.05, 0.1) is 24.4 Å². The quantitative estimate of drug-likeness (QED) is 0.748. The van der Waals surface area contributed by atoms with E-state index in [9.17, 15) is 14.9 Å². The number of nitriles is 1. The maximum absolute atomic E-state index is 12.2. The highest BCUT2D eigenvalue weighted by atomic mass is 16.2. The third kappa shape index (κ3) is 2.04. The Bertz CT molecular complexity index is 442. The number of piperidine rings is 1. The molecule has 2 amide bonds. The lowest BCUT2D eigenvalue weighted by atomic mass is 10.0. The number of hydrogen-bond acceptors (Lipinski definition) is 4. The molecule has 0 radical (unpaired) electrons. The van der Waals surface area contributed by atoms with Crippen LogP contribution in [-0.4, -0.2) is 35.3 Å². The molecule has 2 fully saturated rings. The van der Waals surface area contributed by atoms with Gasteiger partial charge in [0, 0.05) is 0 Å². The van der Waals surface area contributed by atoms with E-state index in [1.54, 1.807) is 6.92 Å². The van der Waals surface area contributed by atoms with Crippen LogP contribution < -0.4 is 5.32 Å². The van der Waals surface area contributed by atoms with Crippen LogP contribution in [0.15, 0.2) is 0 Å². The molecule has 1 aliphatic carbocycles. The first-order valence-electron chi connectivity index (χ1n) is 6.80. The molecule has 0 spiro atoms. The topological polar surface area (TPSA) is 73.2 Å². The summed E-state index contributed by atoms with van der Waals surface area (Å²) in [5.74, 6) is -0.567. The molecule has 1 heterocycles. The highest BCUT2D eigenvalue weighted by Gasteiger charge is 2.72. The van der Waals surface area contributed by atoms with Crippen LogP contribution in [0.2, 0.25) is 0 Å². The highest BCUT2D eigenvalue weighted by molar-refractivity contribution is 6.10. The van der Waals surface area contributed by atoms with Crippen LogP contribution in [0.4, 0.5) is 0 Å². The predicted octanol–water partition coefficient (Wildman–Crippen LogP) is 0.909. The van der Waals surface area contributed by atoms with E-state index in [0.29, 0.717) is 6.54 Å². The maximum atomic E-state index is 12.2. The van der Waals surface area contributed by atoms with Crippen molar-refractivity contribution < 1.29 is 9.59 Å². The SMILES string of the molecule is CCCNC(C)(C#N)CN1C(=O)C2C(C1=O)C2(C)C. The largest absolute Gasteiger partial charge is 0.298 e. The first-order chi connectivity index (χ1) is 8.78. The Kier molecular flexibility index (Phi) is 3.18. The minimum atomic E-state index is -0.859. The van der Waals surface area contributed by atoms with Crippen molar-refractivity contribution in [1.29, 1.82) is 5.26 Å². The van der Waals surface area contributed by atoms with Gasteiger partial charge in [0.15, 0.2) is 0 Å². The second-order valence-electron chi connectivity index (χ2n) is 6.41. The zero-order chi connectivity index (χ0) is 14.4. The molecule has 5 nitrogen and oxygen atoms in total. The van der Waals surface area contributed by atoms with E-state index in [1.165, 1.54) is 4.90 Å². The summed E-state index contributed by atoms with van der Waals surface area (Å²) in [5, 5.41) is 12.4. The monoisotopic (exact) mass is 263 g/mol. The zero-order valence-electron chi connectivity index (χ0n) is 12.0. The standard InChI is InChI=1S/C14H21N3O2/c1-5-6-16-14(4,7-15)8-17-11(18)9-10(12(17)19)13(9,2)3/h9-10,16H,5-6,8H2,1-4H3. The molecule has 1 saturated carbocycles. The number of carbonyl (C=O) groups excluding carboxylic acids is 2. The molecule has 0 aromatic heterocycles. The Morgan fingerprint density at radius 1 is 1.37 bits per heavy atom. The fourth-order valence-corrected chi connectivity index (χ4v) is 3.01. The fraction of sp³-hybridized carbons (Fsp3) is 0.786. The van der Waals surface area contributed by atoms with Crippen molar-refractivity contribution in [3.8, 4) is 6.07 Å². The summed E-state index contributed by atoms with van der Waals surface area (Å²) in [7, 11) is 0. The average Bonchev–Trinajstić information content (AvgIpc) is 2.84. The summed E-state index contributed by atoms with van der Waals surface area (Å²) in [4.78, 5) is 25.7. The first-order valence-corrected chi connectivity index (χ1v) is 6.80. The number of fused-ring (bicyclic) bond motifs is 1. The lowest BCUT2D eigenvalue weighted by Gasteiger charge is -2.29. The minimum absolute atomic E-state index is 0.111. The number of rotatable bonds is 5. The van der Waals surface area contributed by atoms with Crippen LogP contribution in [0.5, 0.6) is 0 Å². The molecule has 2 aliphatic rings. The molecule has 104 valence electrons. The third-order valence-electron chi connectivity index (χ3n) is 4.38. The van der Waals surface area contributed by atoms with Gasteiger partial charge in [-0.3, -0.25) is 19.8 Å². The first kappa shape index (κ1) is 14.0. The highest BCUT2D eigenvalue weighted by Crippen LogP contribution is 2.63. The fourth-order valence-electron chi connectivity index (χ4n) is 3.01. The van der Waals surface area contributed by atoms with Gasteiger partial charge in [-0.2, -0.15) is 5.26 Å². The molecule has 2 rings (SSSR count). The molecule has 1 N–H and O–H groups in total. The van der Waals surface area contributed by atoms with E-state index in [2.05, 4.69) is 11.4 Å². The van der Waals surface area contributed by atoms with Crippen LogP contribution in [0.3, 0.4) is 0 Å². The van der Waals surface area contributed by atoms with Crippen LogP contribution in [0.1, 0.15) is 34.1 Å². The molecule has 3 unspecified atom stereocenters. The summed E-state index contributed by atoms with van der Waals surface area (Å²) < 4.78 is 0. The van der Waals surface area contributed by atoms with E-state index in [4.69, 9.17) is 0 Å². The molecule has 5 heteroatoms. The van der Waals surface area contributed by atoms with E-state index in [-0.39, 0.29) is 35.6 Å². The number of hydrogen-bond donors (Lipinski definition) is 1. The van der Waals surface area contributed by atoms with Gasteiger partial charge in [0.1, 0.15) is 5.54 Å². The number of carbonyl (C=O) groups is 2. The van der Waals surface area contributed by atoms with Crippen LogP contribution in [-0.2, 0) is 9.59 Å². The van der Waals surface area contributed by atoms with Gasteiger partial charge in [-0.15, -0.1) is 0 Å². The van der Waals surface area contributed by atoms with Gasteiger partial charge in [-0.1, -0.05) is 20.8 Å². The Hall–Kier alpha value is -1.41. The number of nitrogens with one attached hydrogen (secondary N) is 1. The normalized spacial score (nSPS) is 30.8. The van der Waals surface area contributed by atoms with Crippen molar-refractivity contribution in [2.75, 3.05) is 13.1 Å². The Labute approximate surface area is 113 Å². The van der Waals surface area contributed by atoms with Crippen LogP contribution in [0, 0.1) is 28.6 Å². The summed E-state index contributed by atoms with van der Waals surface area (Å²) in [6, 6.07) is 2.17. The molecular formula is C14H21N3O2. The molecule has 0 aromatic rings. The summed E-state index contributed by atoms with van der Waals surface area (Å²) in [6.07, 6.45) is 0.900. The Morgan fingerprint density at radius 3 is 2.32 bits per heavy atom. The van der Waals surface area contributed by atoms with Crippen molar-refractivity contribution in [3.05, 3.63) is 0 Å². The smallest absolute Gasteiger partial charge is 0.233 e. The van der Waals surface area contributed by atoms with Crippen molar-refractivity contribution >= 4 is 11.8 Å². The van der Waals surface area contributed by atoms with Gasteiger partial charge in [0.2, 0.25) is 11.8 Å². The minimum Gasteiger partial charge on any atom is -0.298 e. The van der Waals surface area contributed by atoms with Gasteiger partial charge >= 0.3 is 0 Å². The summed E-state index contributed by atoms with van der Waals surface area (Å²) in [6.45, 7) is 8.48. The lowest BCUT2D eigenvalue weighted by Crippen LogP contribution is -2.53. The summed E-state index contributed by atoms with van der Waals surface area (Å²) >= 11 is 0. The second kappa shape index (κ2) is 4.31. The molecule has 1 saturated heterocycles. The predicted molar refractivity (Wildman–Crippen MR) is 69.8 cm³/mol. The number of likely N-dealkylation sites (tertiary alicyclic amines) is 1. The van der Waals surface area contributed by atoms with Gasteiger partial charge < -0.3 is 0 Å². The van der Waals surface area contributed by atoms with Crippen LogP contribution >= 0.6 is 0 Å².